The Hall–Kier alpha value is -0.710. The first kappa shape index (κ1) is 14.2. The fourth-order valence-electron chi connectivity index (χ4n) is 3.54. The van der Waals surface area contributed by atoms with Crippen molar-refractivity contribution in [2.75, 3.05) is 32.7 Å². The maximum atomic E-state index is 13.4. The number of amides is 1. The van der Waals surface area contributed by atoms with E-state index in [0.717, 1.165) is 52.0 Å². The third kappa shape index (κ3) is 3.48. The number of piperazine rings is 1. The second-order valence-corrected chi connectivity index (χ2v) is 6.72. The zero-order valence-electron chi connectivity index (χ0n) is 12.0. The van der Waals surface area contributed by atoms with Gasteiger partial charge < -0.3 is 4.90 Å². The number of alkyl halides is 2. The minimum atomic E-state index is -2.45. The fourth-order valence-corrected chi connectivity index (χ4v) is 3.54. The van der Waals surface area contributed by atoms with Crippen LogP contribution in [0.1, 0.15) is 38.5 Å². The molecule has 20 heavy (non-hydrogen) atoms. The molecule has 1 aliphatic heterocycles. The zero-order valence-corrected chi connectivity index (χ0v) is 12.0. The van der Waals surface area contributed by atoms with Crippen molar-refractivity contribution < 1.29 is 13.6 Å². The minimum absolute atomic E-state index is 0.0498. The van der Waals surface area contributed by atoms with Gasteiger partial charge in [-0.05, 0) is 31.6 Å². The molecule has 1 atom stereocenters. The smallest absolute Gasteiger partial charge is 0.248 e. The van der Waals surface area contributed by atoms with Crippen molar-refractivity contribution >= 4 is 5.91 Å². The lowest BCUT2D eigenvalue weighted by Crippen LogP contribution is -2.50. The van der Waals surface area contributed by atoms with Crippen LogP contribution in [0.4, 0.5) is 8.78 Å². The summed E-state index contributed by atoms with van der Waals surface area (Å²) in [5, 5.41) is 0. The topological polar surface area (TPSA) is 23.6 Å². The van der Waals surface area contributed by atoms with Crippen LogP contribution in [0.2, 0.25) is 0 Å². The molecule has 0 unspecified atom stereocenters. The van der Waals surface area contributed by atoms with E-state index >= 15 is 0 Å². The maximum absolute atomic E-state index is 13.4. The highest BCUT2D eigenvalue weighted by Gasteiger charge is 2.38. The number of halogens is 2. The normalized spacial score (nSPS) is 31.3. The lowest BCUT2D eigenvalue weighted by Gasteiger charge is -2.38. The molecule has 5 heteroatoms. The molecule has 0 bridgehead atoms. The predicted molar refractivity (Wildman–Crippen MR) is 72.6 cm³/mol. The van der Waals surface area contributed by atoms with Gasteiger partial charge in [0.2, 0.25) is 11.8 Å². The Morgan fingerprint density at radius 1 is 1.10 bits per heavy atom. The van der Waals surface area contributed by atoms with E-state index in [0.29, 0.717) is 18.2 Å². The van der Waals surface area contributed by atoms with Crippen molar-refractivity contribution in [1.82, 2.24) is 9.80 Å². The molecule has 0 aromatic heterocycles. The van der Waals surface area contributed by atoms with Gasteiger partial charge in [0.25, 0.3) is 0 Å². The molecule has 0 radical (unpaired) electrons. The van der Waals surface area contributed by atoms with Gasteiger partial charge in [-0.2, -0.15) is 0 Å². The average molecular weight is 286 g/mol. The predicted octanol–water partition coefficient (Wildman–Crippen LogP) is 2.37. The largest absolute Gasteiger partial charge is 0.340 e. The van der Waals surface area contributed by atoms with Crippen LogP contribution in [0.5, 0.6) is 0 Å². The number of nitrogens with zero attached hydrogens (tertiary/aromatic N) is 2. The zero-order chi connectivity index (χ0) is 14.2. The first-order chi connectivity index (χ1) is 9.53. The molecule has 1 heterocycles. The molecule has 1 amide bonds. The van der Waals surface area contributed by atoms with E-state index < -0.39 is 5.92 Å². The lowest BCUT2D eigenvalue weighted by molar-refractivity contribution is -0.134. The van der Waals surface area contributed by atoms with Crippen LogP contribution >= 0.6 is 0 Å². The quantitative estimate of drug-likeness (QED) is 0.795. The van der Waals surface area contributed by atoms with Gasteiger partial charge in [-0.25, -0.2) is 8.78 Å². The Kier molecular flexibility index (Phi) is 3.98. The van der Waals surface area contributed by atoms with E-state index in [1.54, 1.807) is 0 Å². The molecule has 2 aliphatic carbocycles. The second kappa shape index (κ2) is 5.58. The molecule has 0 spiro atoms. The maximum Gasteiger partial charge on any atom is 0.248 e. The van der Waals surface area contributed by atoms with Crippen LogP contribution in [0.3, 0.4) is 0 Å². The van der Waals surface area contributed by atoms with E-state index in [4.69, 9.17) is 0 Å². The summed E-state index contributed by atoms with van der Waals surface area (Å²) in [6, 6.07) is 0. The summed E-state index contributed by atoms with van der Waals surface area (Å²) in [7, 11) is 0. The van der Waals surface area contributed by atoms with Crippen molar-refractivity contribution in [2.45, 2.75) is 44.4 Å². The number of hydrogen-bond acceptors (Lipinski definition) is 2. The standard InChI is InChI=1S/C15H24F2N2O/c16-15(17)5-1-2-12(10-15)11-18-6-8-19(9-7-18)14(20)13-3-4-13/h12-13H,1-11H2/t12-/m0/s1. The molecule has 3 aliphatic rings. The van der Waals surface area contributed by atoms with Crippen molar-refractivity contribution in [2.24, 2.45) is 11.8 Å². The van der Waals surface area contributed by atoms with E-state index in [1.807, 2.05) is 4.90 Å². The minimum Gasteiger partial charge on any atom is -0.340 e. The number of hydrogen-bond donors (Lipinski definition) is 0. The van der Waals surface area contributed by atoms with Crippen molar-refractivity contribution in [3.05, 3.63) is 0 Å². The Morgan fingerprint density at radius 2 is 1.80 bits per heavy atom. The van der Waals surface area contributed by atoms with E-state index in [-0.39, 0.29) is 18.8 Å². The molecule has 0 aromatic carbocycles. The average Bonchev–Trinajstić information content (AvgIpc) is 3.22. The second-order valence-electron chi connectivity index (χ2n) is 6.72. The Labute approximate surface area is 119 Å². The lowest BCUT2D eigenvalue weighted by atomic mass is 9.86. The van der Waals surface area contributed by atoms with Crippen LogP contribution in [0, 0.1) is 11.8 Å². The van der Waals surface area contributed by atoms with Crippen LogP contribution in [0.15, 0.2) is 0 Å². The molecular weight excluding hydrogens is 262 g/mol. The number of carbonyl (C=O) groups is 1. The van der Waals surface area contributed by atoms with Gasteiger partial charge in [-0.3, -0.25) is 9.69 Å². The van der Waals surface area contributed by atoms with Gasteiger partial charge in [0.15, 0.2) is 0 Å². The first-order valence-electron chi connectivity index (χ1n) is 7.92. The Morgan fingerprint density at radius 3 is 2.40 bits per heavy atom. The van der Waals surface area contributed by atoms with Gasteiger partial charge in [-0.1, -0.05) is 0 Å². The van der Waals surface area contributed by atoms with Gasteiger partial charge in [0.05, 0.1) is 0 Å². The number of rotatable bonds is 3. The Balaban J connectivity index is 1.43. The van der Waals surface area contributed by atoms with Crippen molar-refractivity contribution in [3.8, 4) is 0 Å². The van der Waals surface area contributed by atoms with Crippen molar-refractivity contribution in [1.29, 1.82) is 0 Å². The van der Waals surface area contributed by atoms with Crippen LogP contribution in [-0.2, 0) is 4.79 Å². The first-order valence-corrected chi connectivity index (χ1v) is 7.92. The van der Waals surface area contributed by atoms with E-state index in [9.17, 15) is 13.6 Å². The highest BCUT2D eigenvalue weighted by molar-refractivity contribution is 5.81. The number of carbonyl (C=O) groups excluding carboxylic acids is 1. The Bertz CT molecular complexity index is 363. The summed E-state index contributed by atoms with van der Waals surface area (Å²) in [5.74, 6) is -1.72. The third-order valence-corrected chi connectivity index (χ3v) is 4.87. The summed E-state index contributed by atoms with van der Waals surface area (Å²) < 4.78 is 26.8. The summed E-state index contributed by atoms with van der Waals surface area (Å²) in [6.07, 6.45) is 3.79. The highest BCUT2D eigenvalue weighted by atomic mass is 19.3. The van der Waals surface area contributed by atoms with E-state index in [2.05, 4.69) is 4.90 Å². The molecule has 0 aromatic rings. The van der Waals surface area contributed by atoms with Crippen molar-refractivity contribution in [3.63, 3.8) is 0 Å². The summed E-state index contributed by atoms with van der Waals surface area (Å²) >= 11 is 0. The van der Waals surface area contributed by atoms with Crippen LogP contribution < -0.4 is 0 Å². The molecule has 3 rings (SSSR count). The SMILES string of the molecule is O=C(C1CC1)N1CCN(C[C@H]2CCCC(F)(F)C2)CC1. The van der Waals surface area contributed by atoms with Gasteiger partial charge >= 0.3 is 0 Å². The van der Waals surface area contributed by atoms with Gasteiger partial charge in [0.1, 0.15) is 0 Å². The summed E-state index contributed by atoms with van der Waals surface area (Å²) in [5.41, 5.74) is 0. The molecule has 3 fully saturated rings. The van der Waals surface area contributed by atoms with E-state index in [1.165, 1.54) is 0 Å². The fraction of sp³-hybridized carbons (Fsp3) is 0.933. The third-order valence-electron chi connectivity index (χ3n) is 4.87. The highest BCUT2D eigenvalue weighted by Crippen LogP contribution is 2.37. The monoisotopic (exact) mass is 286 g/mol. The summed E-state index contributed by atoms with van der Waals surface area (Å²) in [6.45, 7) is 4.03. The molecule has 1 saturated heterocycles. The summed E-state index contributed by atoms with van der Waals surface area (Å²) in [4.78, 5) is 16.2. The molecule has 0 N–H and O–H groups in total. The molecule has 2 saturated carbocycles. The molecule has 3 nitrogen and oxygen atoms in total. The van der Waals surface area contributed by atoms with Gasteiger partial charge in [-0.15, -0.1) is 0 Å². The van der Waals surface area contributed by atoms with Gasteiger partial charge in [0, 0.05) is 51.5 Å². The molecular formula is C15H24F2N2O. The molecule has 114 valence electrons. The van der Waals surface area contributed by atoms with Crippen LogP contribution in [0.25, 0.3) is 0 Å². The van der Waals surface area contributed by atoms with Crippen LogP contribution in [-0.4, -0.2) is 54.4 Å².